The number of benzene rings is 1. The van der Waals surface area contributed by atoms with E-state index in [0.29, 0.717) is 25.7 Å². The van der Waals surface area contributed by atoms with Crippen molar-refractivity contribution < 1.29 is 19.0 Å². The molecular formula is C28H39N3O4. The fraction of sp³-hybridized carbons (Fsp3) is 0.571. The van der Waals surface area contributed by atoms with E-state index in [2.05, 4.69) is 40.2 Å². The predicted molar refractivity (Wildman–Crippen MR) is 137 cm³/mol. The molecule has 0 saturated carbocycles. The van der Waals surface area contributed by atoms with E-state index < -0.39 is 5.60 Å². The first-order valence-corrected chi connectivity index (χ1v) is 12.8. The molecule has 2 aliphatic heterocycles. The highest BCUT2D eigenvalue weighted by Gasteiger charge is 2.35. The molecule has 2 aromatic rings. The second-order valence-electron chi connectivity index (χ2n) is 10.6. The van der Waals surface area contributed by atoms with E-state index in [1.54, 1.807) is 11.1 Å². The Hall–Kier alpha value is -2.80. The number of amides is 1. The number of hydrogen-bond donors (Lipinski definition) is 0. The average Bonchev–Trinajstić information content (AvgIpc) is 2.81. The van der Waals surface area contributed by atoms with Gasteiger partial charge in [0.1, 0.15) is 18.0 Å². The Kier molecular flexibility index (Phi) is 8.50. The molecule has 35 heavy (non-hydrogen) atoms. The Balaban J connectivity index is 1.17. The van der Waals surface area contributed by atoms with Crippen LogP contribution in [0.15, 0.2) is 48.8 Å². The minimum Gasteiger partial charge on any atom is -0.490 e. The molecule has 3 heterocycles. The van der Waals surface area contributed by atoms with Gasteiger partial charge in [-0.1, -0.05) is 30.3 Å². The Bertz CT molecular complexity index is 939. The summed E-state index contributed by atoms with van der Waals surface area (Å²) in [5.41, 5.74) is 1.84. The van der Waals surface area contributed by atoms with E-state index >= 15 is 0 Å². The molecule has 0 bridgehead atoms. The minimum absolute atomic E-state index is 0.0494. The number of nitrogens with zero attached hydrogens (tertiary/aromatic N) is 3. The molecule has 2 saturated heterocycles. The van der Waals surface area contributed by atoms with Gasteiger partial charge in [-0.2, -0.15) is 0 Å². The summed E-state index contributed by atoms with van der Waals surface area (Å²) in [5.74, 6) is 1.45. The second-order valence-corrected chi connectivity index (χ2v) is 10.6. The van der Waals surface area contributed by atoms with Crippen molar-refractivity contribution in [3.05, 3.63) is 54.4 Å². The van der Waals surface area contributed by atoms with Crippen LogP contribution in [0.25, 0.3) is 0 Å². The lowest BCUT2D eigenvalue weighted by molar-refractivity contribution is -0.0141. The molecule has 0 N–H and O–H groups in total. The van der Waals surface area contributed by atoms with E-state index in [4.69, 9.17) is 14.2 Å². The van der Waals surface area contributed by atoms with Crippen LogP contribution < -0.4 is 9.64 Å². The topological polar surface area (TPSA) is 64.1 Å². The molecule has 1 atom stereocenters. The van der Waals surface area contributed by atoms with Crippen molar-refractivity contribution in [1.29, 1.82) is 0 Å². The average molecular weight is 482 g/mol. The van der Waals surface area contributed by atoms with Crippen molar-refractivity contribution in [2.45, 2.75) is 64.7 Å². The van der Waals surface area contributed by atoms with Gasteiger partial charge in [0.2, 0.25) is 0 Å². The Labute approximate surface area is 209 Å². The third-order valence-electron chi connectivity index (χ3n) is 6.67. The quantitative estimate of drug-likeness (QED) is 0.453. The number of rotatable bonds is 9. The molecule has 1 amide bonds. The molecule has 7 nitrogen and oxygen atoms in total. The highest BCUT2D eigenvalue weighted by Crippen LogP contribution is 2.28. The summed E-state index contributed by atoms with van der Waals surface area (Å²) < 4.78 is 17.4. The number of pyridine rings is 1. The number of carbonyl (C=O) groups is 1. The molecule has 1 aromatic heterocycles. The van der Waals surface area contributed by atoms with E-state index in [9.17, 15) is 4.79 Å². The first kappa shape index (κ1) is 25.3. The van der Waals surface area contributed by atoms with Crippen molar-refractivity contribution in [1.82, 2.24) is 9.88 Å². The van der Waals surface area contributed by atoms with E-state index in [0.717, 1.165) is 56.8 Å². The summed E-state index contributed by atoms with van der Waals surface area (Å²) in [6.07, 6.45) is 7.74. The molecule has 2 aliphatic rings. The SMILES string of the molecule is CC(C)(C)OC(=O)N1CCC1COc1cncc(N2CCC(CCOCc3ccccc3)CC2)c1. The smallest absolute Gasteiger partial charge is 0.410 e. The number of carbonyl (C=O) groups excluding carboxylic acids is 1. The van der Waals surface area contributed by atoms with E-state index in [1.165, 1.54) is 5.56 Å². The number of anilines is 1. The minimum atomic E-state index is -0.487. The standard InChI is InChI=1S/C28H39N3O4/c1-28(2,3)35-27(32)31-15-11-24(31)21-34-26-17-25(18-29-19-26)30-13-9-22(10-14-30)12-16-33-20-23-7-5-4-6-8-23/h4-8,17-19,22,24H,9-16,20-21H2,1-3H3. The predicted octanol–water partition coefficient (Wildman–Crippen LogP) is 5.29. The maximum Gasteiger partial charge on any atom is 0.410 e. The summed E-state index contributed by atoms with van der Waals surface area (Å²) in [4.78, 5) is 20.9. The molecule has 1 aromatic carbocycles. The molecule has 0 radical (unpaired) electrons. The highest BCUT2D eigenvalue weighted by molar-refractivity contribution is 5.69. The first-order valence-electron chi connectivity index (χ1n) is 12.8. The van der Waals surface area contributed by atoms with Crippen LogP contribution in [-0.2, 0) is 16.1 Å². The van der Waals surface area contributed by atoms with Crippen LogP contribution in [0.3, 0.4) is 0 Å². The number of hydrogen-bond acceptors (Lipinski definition) is 6. The lowest BCUT2D eigenvalue weighted by Gasteiger charge is -2.41. The van der Waals surface area contributed by atoms with E-state index in [1.807, 2.05) is 33.0 Å². The molecule has 2 fully saturated rings. The van der Waals surface area contributed by atoms with Gasteiger partial charge in [0.05, 0.1) is 30.7 Å². The number of likely N-dealkylation sites (tertiary alicyclic amines) is 1. The van der Waals surface area contributed by atoms with Crippen LogP contribution in [0.4, 0.5) is 10.5 Å². The number of aromatic nitrogens is 1. The summed E-state index contributed by atoms with van der Waals surface area (Å²) >= 11 is 0. The van der Waals surface area contributed by atoms with Gasteiger partial charge >= 0.3 is 6.09 Å². The third kappa shape index (κ3) is 7.59. The number of piperidine rings is 1. The normalized spacial score (nSPS) is 18.8. The Morgan fingerprint density at radius 2 is 1.83 bits per heavy atom. The summed E-state index contributed by atoms with van der Waals surface area (Å²) in [6.45, 7) is 10.4. The molecule has 190 valence electrons. The Morgan fingerprint density at radius 1 is 1.06 bits per heavy atom. The first-order chi connectivity index (χ1) is 16.9. The second kappa shape index (κ2) is 11.8. The fourth-order valence-electron chi connectivity index (χ4n) is 4.52. The van der Waals surface area contributed by atoms with Gasteiger partial charge in [0, 0.05) is 32.3 Å². The largest absolute Gasteiger partial charge is 0.490 e. The van der Waals surface area contributed by atoms with Crippen LogP contribution in [0.1, 0.15) is 52.0 Å². The molecule has 0 spiro atoms. The van der Waals surface area contributed by atoms with Crippen molar-refractivity contribution in [2.24, 2.45) is 5.92 Å². The fourth-order valence-corrected chi connectivity index (χ4v) is 4.52. The molecule has 0 aliphatic carbocycles. The van der Waals surface area contributed by atoms with Gasteiger partial charge in [-0.25, -0.2) is 4.79 Å². The van der Waals surface area contributed by atoms with Crippen LogP contribution in [0.2, 0.25) is 0 Å². The highest BCUT2D eigenvalue weighted by atomic mass is 16.6. The van der Waals surface area contributed by atoms with E-state index in [-0.39, 0.29) is 12.1 Å². The summed E-state index contributed by atoms with van der Waals surface area (Å²) in [6, 6.07) is 12.5. The van der Waals surface area contributed by atoms with Gasteiger partial charge in [-0.15, -0.1) is 0 Å². The summed E-state index contributed by atoms with van der Waals surface area (Å²) in [7, 11) is 0. The zero-order valence-corrected chi connectivity index (χ0v) is 21.3. The lowest BCUT2D eigenvalue weighted by Crippen LogP contribution is -2.55. The van der Waals surface area contributed by atoms with Gasteiger partial charge in [-0.3, -0.25) is 4.98 Å². The van der Waals surface area contributed by atoms with Gasteiger partial charge < -0.3 is 24.0 Å². The maximum atomic E-state index is 12.3. The van der Waals surface area contributed by atoms with Crippen molar-refractivity contribution in [3.63, 3.8) is 0 Å². The lowest BCUT2D eigenvalue weighted by atomic mass is 9.94. The van der Waals surface area contributed by atoms with Crippen LogP contribution >= 0.6 is 0 Å². The van der Waals surface area contributed by atoms with Crippen molar-refractivity contribution in [2.75, 3.05) is 37.7 Å². The zero-order valence-electron chi connectivity index (χ0n) is 21.3. The van der Waals surface area contributed by atoms with Crippen LogP contribution in [0.5, 0.6) is 5.75 Å². The van der Waals surface area contributed by atoms with Gasteiger partial charge in [0.25, 0.3) is 0 Å². The van der Waals surface area contributed by atoms with Gasteiger partial charge in [0.15, 0.2) is 0 Å². The van der Waals surface area contributed by atoms with Crippen LogP contribution in [-0.4, -0.2) is 60.5 Å². The monoisotopic (exact) mass is 481 g/mol. The van der Waals surface area contributed by atoms with Crippen molar-refractivity contribution in [3.8, 4) is 5.75 Å². The molecule has 1 unspecified atom stereocenters. The zero-order chi connectivity index (χ0) is 24.7. The molecule has 7 heteroatoms. The third-order valence-corrected chi connectivity index (χ3v) is 6.67. The van der Waals surface area contributed by atoms with Crippen LogP contribution in [0, 0.1) is 5.92 Å². The van der Waals surface area contributed by atoms with Gasteiger partial charge in [-0.05, 0) is 57.9 Å². The molecular weight excluding hydrogens is 442 g/mol. The number of ether oxygens (including phenoxy) is 3. The summed E-state index contributed by atoms with van der Waals surface area (Å²) in [5, 5.41) is 0. The Morgan fingerprint density at radius 3 is 2.51 bits per heavy atom. The maximum absolute atomic E-state index is 12.3. The van der Waals surface area contributed by atoms with Crippen molar-refractivity contribution >= 4 is 11.8 Å². The molecule has 4 rings (SSSR count).